The van der Waals surface area contributed by atoms with Crippen molar-refractivity contribution in [1.82, 2.24) is 4.90 Å². The van der Waals surface area contributed by atoms with Gasteiger partial charge in [0, 0.05) is 35.9 Å². The summed E-state index contributed by atoms with van der Waals surface area (Å²) in [5, 5.41) is 10.0. The van der Waals surface area contributed by atoms with Crippen molar-refractivity contribution in [2.45, 2.75) is 53.1 Å². The lowest BCUT2D eigenvalue weighted by Crippen LogP contribution is -2.40. The topological polar surface area (TPSA) is 60.9 Å². The third-order valence-corrected chi connectivity index (χ3v) is 7.52. The van der Waals surface area contributed by atoms with Crippen LogP contribution >= 0.6 is 11.6 Å². The number of carbonyl (C=O) groups is 2. The second kappa shape index (κ2) is 11.3. The van der Waals surface area contributed by atoms with Crippen LogP contribution in [-0.4, -0.2) is 42.0 Å². The second-order valence-electron chi connectivity index (χ2n) is 9.62. The molecule has 5 nitrogen and oxygen atoms in total. The van der Waals surface area contributed by atoms with Gasteiger partial charge in [-0.25, -0.2) is 9.18 Å². The number of hydrogen-bond acceptors (Lipinski definition) is 3. The molecule has 0 unspecified atom stereocenters. The van der Waals surface area contributed by atoms with Gasteiger partial charge in [-0.3, -0.25) is 4.79 Å². The SMILES string of the molecule is CC[C@H](c1ccc(Cl)c(C)c1)N(C)c1ccc(F)c(-c2cc(C)c(C(=O)N(C)[C@@H](C)C(=O)O)c(C)c2)c1. The van der Waals surface area contributed by atoms with Gasteiger partial charge >= 0.3 is 5.97 Å². The zero-order valence-electron chi connectivity index (χ0n) is 22.4. The van der Waals surface area contributed by atoms with Crippen LogP contribution in [0.15, 0.2) is 48.5 Å². The highest BCUT2D eigenvalue weighted by Gasteiger charge is 2.26. The molecule has 196 valence electrons. The predicted octanol–water partition coefficient (Wildman–Crippen LogP) is 7.20. The molecule has 0 fully saturated rings. The maximum absolute atomic E-state index is 15.1. The monoisotopic (exact) mass is 524 g/mol. The first-order valence-corrected chi connectivity index (χ1v) is 12.6. The fourth-order valence-electron chi connectivity index (χ4n) is 4.72. The molecule has 0 aliphatic heterocycles. The Morgan fingerprint density at radius 3 is 2.14 bits per heavy atom. The van der Waals surface area contributed by atoms with Crippen LogP contribution in [0.4, 0.5) is 10.1 Å². The molecule has 0 bridgehead atoms. The van der Waals surface area contributed by atoms with Crippen LogP contribution < -0.4 is 4.90 Å². The predicted molar refractivity (Wildman–Crippen MR) is 148 cm³/mol. The largest absolute Gasteiger partial charge is 0.480 e. The van der Waals surface area contributed by atoms with Crippen molar-refractivity contribution in [2.24, 2.45) is 0 Å². The minimum Gasteiger partial charge on any atom is -0.480 e. The first kappa shape index (κ1) is 28.2. The van der Waals surface area contributed by atoms with E-state index in [2.05, 4.69) is 17.9 Å². The number of rotatable bonds is 8. The summed E-state index contributed by atoms with van der Waals surface area (Å²) in [5.41, 5.74) is 5.84. The van der Waals surface area contributed by atoms with Crippen LogP contribution in [0, 0.1) is 26.6 Å². The van der Waals surface area contributed by atoms with Gasteiger partial charge in [0.2, 0.25) is 0 Å². The molecule has 1 amide bonds. The van der Waals surface area contributed by atoms with E-state index in [0.717, 1.165) is 28.3 Å². The minimum absolute atomic E-state index is 0.0736. The third-order valence-electron chi connectivity index (χ3n) is 7.09. The Kier molecular flexibility index (Phi) is 8.64. The maximum atomic E-state index is 15.1. The van der Waals surface area contributed by atoms with Crippen molar-refractivity contribution < 1.29 is 19.1 Å². The number of carbonyl (C=O) groups excluding carboxylic acids is 1. The lowest BCUT2D eigenvalue weighted by molar-refractivity contribution is -0.141. The normalized spacial score (nSPS) is 12.7. The van der Waals surface area contributed by atoms with Crippen molar-refractivity contribution in [3.63, 3.8) is 0 Å². The Bertz CT molecular complexity index is 1320. The number of carboxylic acids is 1. The number of anilines is 1. The summed E-state index contributed by atoms with van der Waals surface area (Å²) in [6.07, 6.45) is 0.849. The highest BCUT2D eigenvalue weighted by Crippen LogP contribution is 2.35. The molecule has 0 aromatic heterocycles. The molecule has 7 heteroatoms. The number of aryl methyl sites for hydroxylation is 3. The maximum Gasteiger partial charge on any atom is 0.326 e. The molecule has 1 N–H and O–H groups in total. The molecule has 3 aromatic rings. The van der Waals surface area contributed by atoms with Gasteiger partial charge in [-0.2, -0.15) is 0 Å². The Morgan fingerprint density at radius 1 is 0.973 bits per heavy atom. The van der Waals surface area contributed by atoms with Gasteiger partial charge in [0.05, 0.1) is 6.04 Å². The summed E-state index contributed by atoms with van der Waals surface area (Å²) in [5.74, 6) is -1.82. The first-order chi connectivity index (χ1) is 17.4. The molecule has 0 aliphatic carbocycles. The standard InChI is InChI=1S/C30H34ClFN2O3/c1-8-27(21-9-11-25(31)17(2)13-21)34(7)23-10-12-26(32)24(16-23)22-14-18(3)28(19(4)15-22)29(35)33(6)20(5)30(36)37/h9-16,20,27H,8H2,1-7H3,(H,36,37)/t20-,27+/m0/s1. The Hall–Kier alpha value is -3.38. The van der Waals surface area contributed by atoms with Crippen LogP contribution in [0.1, 0.15) is 58.9 Å². The lowest BCUT2D eigenvalue weighted by Gasteiger charge is -2.30. The van der Waals surface area contributed by atoms with Crippen molar-refractivity contribution in [3.8, 4) is 11.1 Å². The molecule has 0 aliphatic rings. The summed E-state index contributed by atoms with van der Waals surface area (Å²) in [7, 11) is 3.46. The Balaban J connectivity index is 2.00. The van der Waals surface area contributed by atoms with E-state index in [4.69, 9.17) is 11.6 Å². The van der Waals surface area contributed by atoms with Gasteiger partial charge in [0.25, 0.3) is 5.91 Å². The summed E-state index contributed by atoms with van der Waals surface area (Å²) < 4.78 is 15.1. The zero-order valence-corrected chi connectivity index (χ0v) is 23.2. The van der Waals surface area contributed by atoms with Crippen LogP contribution in [0.2, 0.25) is 5.02 Å². The highest BCUT2D eigenvalue weighted by molar-refractivity contribution is 6.31. The fourth-order valence-corrected chi connectivity index (χ4v) is 4.83. The van der Waals surface area contributed by atoms with E-state index in [1.807, 2.05) is 32.2 Å². The van der Waals surface area contributed by atoms with Crippen LogP contribution in [-0.2, 0) is 4.79 Å². The zero-order chi connectivity index (χ0) is 27.6. The molecule has 3 aromatic carbocycles. The van der Waals surface area contributed by atoms with Crippen molar-refractivity contribution >= 4 is 29.2 Å². The van der Waals surface area contributed by atoms with E-state index >= 15 is 4.39 Å². The summed E-state index contributed by atoms with van der Waals surface area (Å²) >= 11 is 6.23. The molecule has 3 rings (SSSR count). The van der Waals surface area contributed by atoms with E-state index < -0.39 is 12.0 Å². The number of amides is 1. The number of aliphatic carboxylic acids is 1. The molecule has 0 heterocycles. The number of benzene rings is 3. The second-order valence-corrected chi connectivity index (χ2v) is 10.0. The number of nitrogens with zero attached hydrogens (tertiary/aromatic N) is 2. The van der Waals surface area contributed by atoms with Crippen LogP contribution in [0.5, 0.6) is 0 Å². The summed E-state index contributed by atoms with van der Waals surface area (Å²) in [4.78, 5) is 27.7. The van der Waals surface area contributed by atoms with Crippen molar-refractivity contribution in [3.05, 3.63) is 87.2 Å². The van der Waals surface area contributed by atoms with Gasteiger partial charge in [-0.1, -0.05) is 42.8 Å². The van der Waals surface area contributed by atoms with Gasteiger partial charge in [-0.15, -0.1) is 0 Å². The minimum atomic E-state index is -1.08. The van der Waals surface area contributed by atoms with Gasteiger partial charge in [0.1, 0.15) is 11.9 Å². The first-order valence-electron chi connectivity index (χ1n) is 12.3. The van der Waals surface area contributed by atoms with E-state index in [0.29, 0.717) is 27.8 Å². The average molecular weight is 525 g/mol. The highest BCUT2D eigenvalue weighted by atomic mass is 35.5. The number of carboxylic acid groups (broad SMARTS) is 1. The van der Waals surface area contributed by atoms with Gasteiger partial charge < -0.3 is 14.9 Å². The molecule has 0 saturated heterocycles. The fraction of sp³-hybridized carbons (Fsp3) is 0.333. The van der Waals surface area contributed by atoms with E-state index in [-0.39, 0.29) is 17.8 Å². The van der Waals surface area contributed by atoms with Gasteiger partial charge in [-0.05, 0) is 86.2 Å². The van der Waals surface area contributed by atoms with Crippen molar-refractivity contribution in [1.29, 1.82) is 0 Å². The summed E-state index contributed by atoms with van der Waals surface area (Å²) in [6.45, 7) is 9.12. The molecular formula is C30H34ClFN2O3. The van der Waals surface area contributed by atoms with Crippen LogP contribution in [0.3, 0.4) is 0 Å². The number of halogens is 2. The molecule has 0 radical (unpaired) electrons. The van der Waals surface area contributed by atoms with E-state index in [1.165, 1.54) is 24.9 Å². The molecule has 0 saturated carbocycles. The molecular weight excluding hydrogens is 491 g/mol. The molecule has 2 atom stereocenters. The Morgan fingerprint density at radius 2 is 1.59 bits per heavy atom. The van der Waals surface area contributed by atoms with Crippen molar-refractivity contribution in [2.75, 3.05) is 19.0 Å². The average Bonchev–Trinajstić information content (AvgIpc) is 2.85. The third kappa shape index (κ3) is 5.80. The summed E-state index contributed by atoms with van der Waals surface area (Å²) in [6, 6.07) is 13.7. The lowest BCUT2D eigenvalue weighted by atomic mass is 9.93. The molecule has 37 heavy (non-hydrogen) atoms. The number of likely N-dealkylation sites (N-methyl/N-ethyl adjacent to an activating group) is 1. The van der Waals surface area contributed by atoms with E-state index in [9.17, 15) is 14.7 Å². The quantitative estimate of drug-likeness (QED) is 0.338. The molecule has 0 spiro atoms. The van der Waals surface area contributed by atoms with Gasteiger partial charge in [0.15, 0.2) is 0 Å². The van der Waals surface area contributed by atoms with Crippen LogP contribution in [0.25, 0.3) is 11.1 Å². The van der Waals surface area contributed by atoms with E-state index in [1.54, 1.807) is 32.0 Å². The Labute approximate surface area is 223 Å². The number of hydrogen-bond donors (Lipinski definition) is 1. The smallest absolute Gasteiger partial charge is 0.326 e.